The first-order valence-electron chi connectivity index (χ1n) is 11.2. The first-order valence-corrected chi connectivity index (χ1v) is 11.2. The molecule has 1 aliphatic rings. The lowest BCUT2D eigenvalue weighted by Crippen LogP contribution is -2.21. The van der Waals surface area contributed by atoms with E-state index in [9.17, 15) is 9.59 Å². The van der Waals surface area contributed by atoms with Crippen LogP contribution >= 0.6 is 0 Å². The Kier molecular flexibility index (Phi) is 9.25. The van der Waals surface area contributed by atoms with Gasteiger partial charge in [-0.05, 0) is 78.9 Å². The summed E-state index contributed by atoms with van der Waals surface area (Å²) in [4.78, 5) is 26.1. The van der Waals surface area contributed by atoms with Crippen molar-refractivity contribution in [2.45, 2.75) is 66.7 Å². The summed E-state index contributed by atoms with van der Waals surface area (Å²) >= 11 is 0. The molecule has 172 valence electrons. The van der Waals surface area contributed by atoms with Crippen molar-refractivity contribution in [1.82, 2.24) is 0 Å². The third kappa shape index (κ3) is 6.32. The molecular formula is C28H36O4. The van der Waals surface area contributed by atoms with Gasteiger partial charge >= 0.3 is 0 Å². The molecule has 0 saturated heterocycles. The molecule has 2 rings (SSSR count). The summed E-state index contributed by atoms with van der Waals surface area (Å²) < 4.78 is 10.6. The third-order valence-electron chi connectivity index (χ3n) is 5.86. The van der Waals surface area contributed by atoms with E-state index in [0.717, 1.165) is 25.7 Å². The highest BCUT2D eigenvalue weighted by Crippen LogP contribution is 2.36. The van der Waals surface area contributed by atoms with E-state index >= 15 is 0 Å². The molecule has 0 bridgehead atoms. The van der Waals surface area contributed by atoms with Crippen LogP contribution in [0.3, 0.4) is 0 Å². The Morgan fingerprint density at radius 2 is 1.28 bits per heavy atom. The van der Waals surface area contributed by atoms with E-state index in [4.69, 9.17) is 9.47 Å². The second-order valence-electron chi connectivity index (χ2n) is 8.68. The predicted octanol–water partition coefficient (Wildman–Crippen LogP) is 7.21. The van der Waals surface area contributed by atoms with Gasteiger partial charge in [-0.2, -0.15) is 0 Å². The van der Waals surface area contributed by atoms with Gasteiger partial charge in [0.05, 0.1) is 14.2 Å². The molecule has 1 aromatic carbocycles. The monoisotopic (exact) mass is 436 g/mol. The average Bonchev–Trinajstić information content (AvgIpc) is 2.76. The standard InChI is InChI=1S/C28H36O4/c1-18(2)10-8-11-19(3)12-9-13-20(4)14-15-22-21(5)27(29)23-16-25(31-6)26(32-7)17-24(23)28(22)30/h10,12,14,16-17H,8-9,11,13,15H2,1-7H3/b19-12+,20-14+. The van der Waals surface area contributed by atoms with Crippen LogP contribution in [0.25, 0.3) is 0 Å². The molecule has 0 spiro atoms. The van der Waals surface area contributed by atoms with Crippen LogP contribution < -0.4 is 9.47 Å². The lowest BCUT2D eigenvalue weighted by molar-refractivity contribution is 0.0972. The molecule has 32 heavy (non-hydrogen) atoms. The minimum atomic E-state index is -0.128. The molecule has 0 fully saturated rings. The summed E-state index contributed by atoms with van der Waals surface area (Å²) in [5, 5.41) is 0. The first-order chi connectivity index (χ1) is 15.2. The van der Waals surface area contributed by atoms with E-state index in [1.807, 2.05) is 0 Å². The van der Waals surface area contributed by atoms with Crippen LogP contribution in [0.1, 0.15) is 87.4 Å². The van der Waals surface area contributed by atoms with Crippen LogP contribution in [0.4, 0.5) is 0 Å². The molecule has 0 amide bonds. The Bertz CT molecular complexity index is 999. The molecular weight excluding hydrogens is 400 g/mol. The lowest BCUT2D eigenvalue weighted by atomic mass is 9.82. The molecule has 1 aliphatic carbocycles. The largest absolute Gasteiger partial charge is 0.493 e. The van der Waals surface area contributed by atoms with Crippen molar-refractivity contribution >= 4 is 11.6 Å². The van der Waals surface area contributed by atoms with Gasteiger partial charge in [-0.3, -0.25) is 9.59 Å². The number of ketones is 2. The number of fused-ring (bicyclic) bond motifs is 1. The minimum absolute atomic E-state index is 0.114. The molecule has 0 aromatic heterocycles. The van der Waals surface area contributed by atoms with Crippen molar-refractivity contribution in [3.05, 3.63) is 69.4 Å². The molecule has 4 heteroatoms. The van der Waals surface area contributed by atoms with Gasteiger partial charge < -0.3 is 9.47 Å². The fraction of sp³-hybridized carbons (Fsp3) is 0.429. The van der Waals surface area contributed by atoms with Gasteiger partial charge in [-0.25, -0.2) is 0 Å². The summed E-state index contributed by atoms with van der Waals surface area (Å²) in [7, 11) is 3.03. The van der Waals surface area contributed by atoms with E-state index in [2.05, 4.69) is 45.9 Å². The van der Waals surface area contributed by atoms with E-state index < -0.39 is 0 Å². The number of hydrogen-bond donors (Lipinski definition) is 0. The first kappa shape index (κ1) is 25.4. The fourth-order valence-corrected chi connectivity index (χ4v) is 3.79. The summed E-state index contributed by atoms with van der Waals surface area (Å²) in [6.45, 7) is 10.2. The zero-order valence-corrected chi connectivity index (χ0v) is 20.6. The van der Waals surface area contributed by atoms with Gasteiger partial charge in [0.25, 0.3) is 0 Å². The van der Waals surface area contributed by atoms with Gasteiger partial charge in [0, 0.05) is 22.3 Å². The number of rotatable bonds is 10. The number of Topliss-reactive ketones (excluding diaryl/α,β-unsaturated/α-hetero) is 2. The van der Waals surface area contributed by atoms with Crippen LogP contribution in [0.5, 0.6) is 11.5 Å². The second-order valence-corrected chi connectivity index (χ2v) is 8.68. The van der Waals surface area contributed by atoms with E-state index in [0.29, 0.717) is 40.2 Å². The Labute approximate surface area is 192 Å². The summed E-state index contributed by atoms with van der Waals surface area (Å²) in [6.07, 6.45) is 11.2. The quantitative estimate of drug-likeness (QED) is 0.364. The molecule has 0 saturated carbocycles. The van der Waals surface area contributed by atoms with Crippen LogP contribution in [0.2, 0.25) is 0 Å². The minimum Gasteiger partial charge on any atom is -0.493 e. The maximum Gasteiger partial charge on any atom is 0.190 e. The highest BCUT2D eigenvalue weighted by atomic mass is 16.5. The number of allylic oxidation sites excluding steroid dienone is 8. The van der Waals surface area contributed by atoms with Gasteiger partial charge in [0.2, 0.25) is 0 Å². The van der Waals surface area contributed by atoms with Crippen molar-refractivity contribution in [3.8, 4) is 11.5 Å². The van der Waals surface area contributed by atoms with E-state index in [1.54, 1.807) is 19.1 Å². The Balaban J connectivity index is 2.09. The Morgan fingerprint density at radius 3 is 1.81 bits per heavy atom. The number of carbonyl (C=O) groups is 2. The molecule has 4 nitrogen and oxygen atoms in total. The average molecular weight is 437 g/mol. The van der Waals surface area contributed by atoms with Crippen LogP contribution in [-0.2, 0) is 0 Å². The molecule has 0 unspecified atom stereocenters. The summed E-state index contributed by atoms with van der Waals surface area (Å²) in [5.74, 6) is 0.655. The van der Waals surface area contributed by atoms with E-state index in [1.165, 1.54) is 30.9 Å². The fourth-order valence-electron chi connectivity index (χ4n) is 3.79. The second kappa shape index (κ2) is 11.7. The molecule has 1 aromatic rings. The lowest BCUT2D eigenvalue weighted by Gasteiger charge is -2.20. The van der Waals surface area contributed by atoms with Gasteiger partial charge in [0.15, 0.2) is 23.1 Å². The SMILES string of the molecule is COc1cc2c(cc1OC)C(=O)C(C/C=C(\C)CC/C=C(\C)CCC=C(C)C)=C(C)C2=O. The zero-order chi connectivity index (χ0) is 23.8. The van der Waals surface area contributed by atoms with Gasteiger partial charge in [-0.15, -0.1) is 0 Å². The number of benzene rings is 1. The van der Waals surface area contributed by atoms with Gasteiger partial charge in [0.1, 0.15) is 0 Å². The molecule has 0 heterocycles. The smallest absolute Gasteiger partial charge is 0.190 e. The third-order valence-corrected chi connectivity index (χ3v) is 5.86. The Morgan fingerprint density at radius 1 is 0.781 bits per heavy atom. The van der Waals surface area contributed by atoms with Gasteiger partial charge in [-0.1, -0.05) is 34.9 Å². The maximum absolute atomic E-state index is 13.2. The van der Waals surface area contributed by atoms with Crippen LogP contribution in [0.15, 0.2) is 58.2 Å². The Hall–Kier alpha value is -2.88. The van der Waals surface area contributed by atoms with Crippen molar-refractivity contribution in [3.63, 3.8) is 0 Å². The highest BCUT2D eigenvalue weighted by Gasteiger charge is 2.31. The predicted molar refractivity (Wildman–Crippen MR) is 131 cm³/mol. The highest BCUT2D eigenvalue weighted by molar-refractivity contribution is 6.27. The number of hydrogen-bond acceptors (Lipinski definition) is 4. The maximum atomic E-state index is 13.2. The number of carbonyl (C=O) groups excluding carboxylic acids is 2. The molecule has 0 N–H and O–H groups in total. The molecule has 0 radical (unpaired) electrons. The summed E-state index contributed by atoms with van der Waals surface area (Å²) in [6, 6.07) is 3.21. The number of ether oxygens (including phenoxy) is 2. The normalized spacial score (nSPS) is 14.5. The zero-order valence-electron chi connectivity index (χ0n) is 20.6. The van der Waals surface area contributed by atoms with Crippen molar-refractivity contribution in [2.24, 2.45) is 0 Å². The van der Waals surface area contributed by atoms with Crippen molar-refractivity contribution < 1.29 is 19.1 Å². The summed E-state index contributed by atoms with van der Waals surface area (Å²) in [5.41, 5.74) is 5.81. The van der Waals surface area contributed by atoms with Crippen molar-refractivity contribution in [2.75, 3.05) is 14.2 Å². The molecule has 0 atom stereocenters. The van der Waals surface area contributed by atoms with Crippen LogP contribution in [-0.4, -0.2) is 25.8 Å². The number of methoxy groups -OCH3 is 2. The van der Waals surface area contributed by atoms with Crippen molar-refractivity contribution in [1.29, 1.82) is 0 Å². The molecule has 0 aliphatic heterocycles. The van der Waals surface area contributed by atoms with E-state index in [-0.39, 0.29) is 11.6 Å². The topological polar surface area (TPSA) is 52.6 Å². The van der Waals surface area contributed by atoms with Crippen LogP contribution in [0, 0.1) is 0 Å².